The van der Waals surface area contributed by atoms with Crippen molar-refractivity contribution in [3.05, 3.63) is 17.5 Å². The number of nitrogens with zero attached hydrogens (tertiary/aromatic N) is 4. The number of rotatable bonds is 2. The van der Waals surface area contributed by atoms with Crippen molar-refractivity contribution in [3.8, 4) is 0 Å². The summed E-state index contributed by atoms with van der Waals surface area (Å²) in [4.78, 5) is 25.5. The molecule has 4 rings (SSSR count). The molecule has 2 aliphatic heterocycles. The standard InChI is InChI=1S/C18H25ClN4O/c19-16-9-20-12-21-17(16)22-7-5-13(6-8-22)18(24)23-10-14-3-1-2-4-15(14)11-23/h9,12-15H,1-8,10-11H2. The Bertz CT molecular complexity index is 588. The first-order chi connectivity index (χ1) is 11.7. The second-order valence-electron chi connectivity index (χ2n) is 7.50. The monoisotopic (exact) mass is 348 g/mol. The third-order valence-corrected chi connectivity index (χ3v) is 6.35. The Morgan fingerprint density at radius 2 is 1.75 bits per heavy atom. The van der Waals surface area contributed by atoms with E-state index in [1.807, 2.05) is 0 Å². The smallest absolute Gasteiger partial charge is 0.225 e. The van der Waals surface area contributed by atoms with Crippen LogP contribution >= 0.6 is 11.6 Å². The van der Waals surface area contributed by atoms with Gasteiger partial charge in [0, 0.05) is 32.1 Å². The van der Waals surface area contributed by atoms with Crippen molar-refractivity contribution in [3.63, 3.8) is 0 Å². The zero-order valence-electron chi connectivity index (χ0n) is 14.0. The lowest BCUT2D eigenvalue weighted by molar-refractivity contribution is -0.135. The van der Waals surface area contributed by atoms with Crippen molar-refractivity contribution in [2.24, 2.45) is 17.8 Å². The van der Waals surface area contributed by atoms with Crippen LogP contribution in [0.4, 0.5) is 5.82 Å². The van der Waals surface area contributed by atoms with Crippen LogP contribution in [-0.2, 0) is 4.79 Å². The minimum absolute atomic E-state index is 0.169. The lowest BCUT2D eigenvalue weighted by Gasteiger charge is -2.34. The molecular weight excluding hydrogens is 324 g/mol. The summed E-state index contributed by atoms with van der Waals surface area (Å²) < 4.78 is 0. The predicted molar refractivity (Wildman–Crippen MR) is 94.0 cm³/mol. The highest BCUT2D eigenvalue weighted by Gasteiger charge is 2.39. The summed E-state index contributed by atoms with van der Waals surface area (Å²) in [6.45, 7) is 3.69. The van der Waals surface area contributed by atoms with Gasteiger partial charge in [-0.05, 0) is 37.5 Å². The summed E-state index contributed by atoms with van der Waals surface area (Å²) in [5.41, 5.74) is 0. The molecule has 130 valence electrons. The first-order valence-corrected chi connectivity index (χ1v) is 9.59. The van der Waals surface area contributed by atoms with Crippen LogP contribution in [-0.4, -0.2) is 47.0 Å². The fourth-order valence-electron chi connectivity index (χ4n) is 4.72. The van der Waals surface area contributed by atoms with Crippen LogP contribution in [0.2, 0.25) is 5.02 Å². The zero-order valence-corrected chi connectivity index (χ0v) is 14.8. The van der Waals surface area contributed by atoms with Gasteiger partial charge >= 0.3 is 0 Å². The molecule has 2 saturated heterocycles. The number of hydrogen-bond donors (Lipinski definition) is 0. The lowest BCUT2D eigenvalue weighted by Crippen LogP contribution is -2.42. The third-order valence-electron chi connectivity index (χ3n) is 6.08. The van der Waals surface area contributed by atoms with E-state index in [1.54, 1.807) is 6.20 Å². The number of halogens is 1. The average molecular weight is 349 g/mol. The van der Waals surface area contributed by atoms with E-state index in [0.717, 1.165) is 56.7 Å². The van der Waals surface area contributed by atoms with Crippen LogP contribution in [0.15, 0.2) is 12.5 Å². The van der Waals surface area contributed by atoms with Crippen LogP contribution in [0.1, 0.15) is 38.5 Å². The van der Waals surface area contributed by atoms with Crippen molar-refractivity contribution in [1.29, 1.82) is 0 Å². The molecule has 0 spiro atoms. The van der Waals surface area contributed by atoms with Gasteiger partial charge in [-0.15, -0.1) is 0 Å². The molecule has 1 aromatic heterocycles. The first kappa shape index (κ1) is 16.1. The maximum atomic E-state index is 12.9. The van der Waals surface area contributed by atoms with Crippen LogP contribution < -0.4 is 4.90 Å². The van der Waals surface area contributed by atoms with E-state index in [4.69, 9.17) is 11.6 Å². The number of carbonyl (C=O) groups excluding carboxylic acids is 1. The molecule has 1 saturated carbocycles. The van der Waals surface area contributed by atoms with E-state index >= 15 is 0 Å². The Balaban J connectivity index is 1.34. The Morgan fingerprint density at radius 1 is 1.08 bits per heavy atom. The average Bonchev–Trinajstić information content (AvgIpc) is 3.06. The van der Waals surface area contributed by atoms with Gasteiger partial charge in [0.25, 0.3) is 0 Å². The van der Waals surface area contributed by atoms with Crippen molar-refractivity contribution < 1.29 is 4.79 Å². The Kier molecular flexibility index (Phi) is 4.61. The summed E-state index contributed by atoms with van der Waals surface area (Å²) in [5, 5.41) is 0.589. The van der Waals surface area contributed by atoms with Crippen LogP contribution in [0.3, 0.4) is 0 Å². The molecule has 3 aliphatic rings. The Hall–Kier alpha value is -1.36. The van der Waals surface area contributed by atoms with Gasteiger partial charge in [-0.3, -0.25) is 4.79 Å². The molecule has 3 fully saturated rings. The van der Waals surface area contributed by atoms with E-state index in [2.05, 4.69) is 19.8 Å². The fraction of sp³-hybridized carbons (Fsp3) is 0.722. The van der Waals surface area contributed by atoms with Crippen molar-refractivity contribution in [2.45, 2.75) is 38.5 Å². The summed E-state index contributed by atoms with van der Waals surface area (Å²) in [7, 11) is 0. The predicted octanol–water partition coefficient (Wildman–Crippen LogP) is 3.00. The Morgan fingerprint density at radius 3 is 2.38 bits per heavy atom. The van der Waals surface area contributed by atoms with Gasteiger partial charge in [-0.2, -0.15) is 0 Å². The van der Waals surface area contributed by atoms with Crippen molar-refractivity contribution in [2.75, 3.05) is 31.1 Å². The minimum Gasteiger partial charge on any atom is -0.355 e. The topological polar surface area (TPSA) is 49.3 Å². The van der Waals surface area contributed by atoms with Gasteiger partial charge in [-0.25, -0.2) is 9.97 Å². The Labute approximate surface area is 148 Å². The molecule has 0 radical (unpaired) electrons. The molecule has 2 unspecified atom stereocenters. The highest BCUT2D eigenvalue weighted by Crippen LogP contribution is 2.37. The summed E-state index contributed by atoms with van der Waals surface area (Å²) >= 11 is 6.19. The third kappa shape index (κ3) is 3.10. The zero-order chi connectivity index (χ0) is 16.5. The van der Waals surface area contributed by atoms with E-state index in [0.29, 0.717) is 10.9 Å². The molecular formula is C18H25ClN4O. The molecule has 5 nitrogen and oxygen atoms in total. The van der Waals surface area contributed by atoms with Gasteiger partial charge in [0.05, 0.1) is 6.20 Å². The maximum Gasteiger partial charge on any atom is 0.225 e. The molecule has 1 aromatic rings. The molecule has 0 aromatic carbocycles. The molecule has 24 heavy (non-hydrogen) atoms. The number of anilines is 1. The molecule has 3 heterocycles. The second-order valence-corrected chi connectivity index (χ2v) is 7.91. The van der Waals surface area contributed by atoms with Gasteiger partial charge in [0.2, 0.25) is 5.91 Å². The second kappa shape index (κ2) is 6.87. The van der Waals surface area contributed by atoms with Gasteiger partial charge in [-0.1, -0.05) is 24.4 Å². The molecule has 1 amide bonds. The van der Waals surface area contributed by atoms with E-state index in [1.165, 1.54) is 32.0 Å². The first-order valence-electron chi connectivity index (χ1n) is 9.21. The van der Waals surface area contributed by atoms with Gasteiger partial charge < -0.3 is 9.80 Å². The SMILES string of the molecule is O=C(C1CCN(c2ncncc2Cl)CC1)N1CC2CCCCC2C1. The van der Waals surface area contributed by atoms with Crippen molar-refractivity contribution >= 4 is 23.3 Å². The number of hydrogen-bond acceptors (Lipinski definition) is 4. The van der Waals surface area contributed by atoms with Crippen LogP contribution in [0, 0.1) is 17.8 Å². The van der Waals surface area contributed by atoms with E-state index in [9.17, 15) is 4.79 Å². The minimum atomic E-state index is 0.169. The van der Waals surface area contributed by atoms with Crippen LogP contribution in [0.25, 0.3) is 0 Å². The number of fused-ring (bicyclic) bond motifs is 1. The fourth-order valence-corrected chi connectivity index (χ4v) is 4.95. The van der Waals surface area contributed by atoms with Gasteiger partial charge in [0.15, 0.2) is 5.82 Å². The number of aromatic nitrogens is 2. The number of carbonyl (C=O) groups is 1. The largest absolute Gasteiger partial charge is 0.355 e. The molecule has 0 bridgehead atoms. The van der Waals surface area contributed by atoms with E-state index in [-0.39, 0.29) is 5.92 Å². The lowest BCUT2D eigenvalue weighted by atomic mass is 9.82. The van der Waals surface area contributed by atoms with Gasteiger partial charge in [0.1, 0.15) is 11.3 Å². The molecule has 6 heteroatoms. The summed E-state index contributed by atoms with van der Waals surface area (Å²) in [6.07, 6.45) is 10.3. The molecule has 2 atom stereocenters. The summed E-state index contributed by atoms with van der Waals surface area (Å²) in [5.74, 6) is 2.88. The van der Waals surface area contributed by atoms with Crippen LogP contribution in [0.5, 0.6) is 0 Å². The highest BCUT2D eigenvalue weighted by atomic mass is 35.5. The van der Waals surface area contributed by atoms with Crippen molar-refractivity contribution in [1.82, 2.24) is 14.9 Å². The molecule has 1 aliphatic carbocycles. The summed E-state index contributed by atoms with van der Waals surface area (Å²) in [6, 6.07) is 0. The quantitative estimate of drug-likeness (QED) is 0.824. The number of likely N-dealkylation sites (tertiary alicyclic amines) is 1. The number of amides is 1. The molecule has 0 N–H and O–H groups in total. The maximum absolute atomic E-state index is 12.9. The normalized spacial score (nSPS) is 28.0. The number of piperidine rings is 1. The highest BCUT2D eigenvalue weighted by molar-refractivity contribution is 6.32. The van der Waals surface area contributed by atoms with E-state index < -0.39 is 0 Å².